The first-order valence-corrected chi connectivity index (χ1v) is 9.78. The molecule has 0 saturated carbocycles. The van der Waals surface area contributed by atoms with Crippen LogP contribution >= 0.6 is 0 Å². The zero-order chi connectivity index (χ0) is 19.7. The molecular formula is C20H26N4O4. The van der Waals surface area contributed by atoms with Gasteiger partial charge in [0, 0.05) is 44.7 Å². The lowest BCUT2D eigenvalue weighted by Crippen LogP contribution is -2.52. The summed E-state index contributed by atoms with van der Waals surface area (Å²) in [5, 5.41) is 5.67. The Labute approximate surface area is 164 Å². The quantitative estimate of drug-likeness (QED) is 0.685. The van der Waals surface area contributed by atoms with Crippen LogP contribution in [-0.2, 0) is 27.4 Å². The number of benzene rings is 1. The molecule has 0 spiro atoms. The second-order valence-electron chi connectivity index (χ2n) is 7.79. The molecule has 3 amide bonds. The number of carbonyl (C=O) groups excluding carboxylic acids is 3. The van der Waals surface area contributed by atoms with Gasteiger partial charge >= 0.3 is 0 Å². The third-order valence-corrected chi connectivity index (χ3v) is 5.56. The van der Waals surface area contributed by atoms with Crippen molar-refractivity contribution in [2.75, 3.05) is 33.3 Å². The fraction of sp³-hybridized carbons (Fsp3) is 0.550. The molecule has 8 nitrogen and oxygen atoms in total. The van der Waals surface area contributed by atoms with Gasteiger partial charge in [-0.2, -0.15) is 0 Å². The van der Waals surface area contributed by atoms with Crippen molar-refractivity contribution in [3.63, 3.8) is 0 Å². The van der Waals surface area contributed by atoms with Gasteiger partial charge in [0.1, 0.15) is 6.04 Å². The molecular weight excluding hydrogens is 360 g/mol. The normalized spacial score (nSPS) is 25.2. The van der Waals surface area contributed by atoms with Crippen LogP contribution in [0.4, 0.5) is 0 Å². The van der Waals surface area contributed by atoms with Gasteiger partial charge in [-0.3, -0.25) is 24.6 Å². The Morgan fingerprint density at radius 1 is 1.29 bits per heavy atom. The lowest BCUT2D eigenvalue weighted by molar-refractivity contribution is -0.136. The smallest absolute Gasteiger partial charge is 0.255 e. The highest BCUT2D eigenvalue weighted by atomic mass is 16.5. The Morgan fingerprint density at radius 2 is 2.14 bits per heavy atom. The fourth-order valence-corrected chi connectivity index (χ4v) is 4.16. The van der Waals surface area contributed by atoms with E-state index in [0.717, 1.165) is 43.9 Å². The number of amides is 3. The standard InChI is InChI=1S/C20H26N4O4/c1-23(12-15-9-21-6-7-28-15)10-13-2-3-14-11-24(20(27)16(14)8-13)17-4-5-18(25)22-19(17)26/h2-3,8,15,17,21H,4-7,9-12H2,1H3,(H,22,25,26). The second kappa shape index (κ2) is 7.98. The van der Waals surface area contributed by atoms with Crippen LogP contribution in [-0.4, -0.2) is 73.0 Å². The number of morpholine rings is 1. The number of hydrogen-bond donors (Lipinski definition) is 2. The monoisotopic (exact) mass is 386 g/mol. The van der Waals surface area contributed by atoms with Gasteiger partial charge < -0.3 is 15.0 Å². The molecule has 2 N–H and O–H groups in total. The third kappa shape index (κ3) is 3.94. The Morgan fingerprint density at radius 3 is 2.89 bits per heavy atom. The number of nitrogens with one attached hydrogen (secondary N) is 2. The molecule has 0 aromatic heterocycles. The predicted octanol–water partition coefficient (Wildman–Crippen LogP) is -0.132. The van der Waals surface area contributed by atoms with Crippen LogP contribution in [0.1, 0.15) is 34.3 Å². The molecule has 2 atom stereocenters. The average Bonchev–Trinajstić information content (AvgIpc) is 2.99. The van der Waals surface area contributed by atoms with Crippen LogP contribution in [0.5, 0.6) is 0 Å². The van der Waals surface area contributed by atoms with Gasteiger partial charge in [-0.05, 0) is 30.7 Å². The van der Waals surface area contributed by atoms with Crippen molar-refractivity contribution in [3.8, 4) is 0 Å². The molecule has 2 unspecified atom stereocenters. The minimum Gasteiger partial charge on any atom is -0.374 e. The molecule has 0 bridgehead atoms. The molecule has 2 fully saturated rings. The van der Waals surface area contributed by atoms with Crippen LogP contribution < -0.4 is 10.6 Å². The second-order valence-corrected chi connectivity index (χ2v) is 7.79. The minimum absolute atomic E-state index is 0.131. The van der Waals surface area contributed by atoms with Gasteiger partial charge in [0.05, 0.1) is 12.7 Å². The van der Waals surface area contributed by atoms with Gasteiger partial charge in [-0.15, -0.1) is 0 Å². The van der Waals surface area contributed by atoms with Gasteiger partial charge in [-0.25, -0.2) is 0 Å². The largest absolute Gasteiger partial charge is 0.374 e. The van der Waals surface area contributed by atoms with Crippen molar-refractivity contribution >= 4 is 17.7 Å². The van der Waals surface area contributed by atoms with Crippen LogP contribution in [0.15, 0.2) is 18.2 Å². The highest BCUT2D eigenvalue weighted by molar-refractivity contribution is 6.05. The number of carbonyl (C=O) groups is 3. The van der Waals surface area contributed by atoms with Crippen molar-refractivity contribution in [2.24, 2.45) is 0 Å². The molecule has 0 radical (unpaired) electrons. The molecule has 0 aliphatic carbocycles. The van der Waals surface area contributed by atoms with Crippen LogP contribution in [0.2, 0.25) is 0 Å². The molecule has 8 heteroatoms. The molecule has 1 aromatic rings. The van der Waals surface area contributed by atoms with E-state index in [9.17, 15) is 14.4 Å². The topological polar surface area (TPSA) is 91.0 Å². The van der Waals surface area contributed by atoms with Gasteiger partial charge in [0.15, 0.2) is 0 Å². The average molecular weight is 386 g/mol. The minimum atomic E-state index is -0.570. The van der Waals surface area contributed by atoms with Gasteiger partial charge in [-0.1, -0.05) is 12.1 Å². The summed E-state index contributed by atoms with van der Waals surface area (Å²) < 4.78 is 5.75. The van der Waals surface area contributed by atoms with Gasteiger partial charge in [0.2, 0.25) is 11.8 Å². The van der Waals surface area contributed by atoms with E-state index in [0.29, 0.717) is 18.5 Å². The number of imide groups is 1. The maximum absolute atomic E-state index is 12.9. The van der Waals surface area contributed by atoms with Crippen LogP contribution in [0.25, 0.3) is 0 Å². The lowest BCUT2D eigenvalue weighted by Gasteiger charge is -2.29. The zero-order valence-corrected chi connectivity index (χ0v) is 16.1. The van der Waals surface area contributed by atoms with E-state index >= 15 is 0 Å². The molecule has 1 aromatic carbocycles. The zero-order valence-electron chi connectivity index (χ0n) is 16.1. The third-order valence-electron chi connectivity index (χ3n) is 5.56. The lowest BCUT2D eigenvalue weighted by atomic mass is 10.0. The summed E-state index contributed by atoms with van der Waals surface area (Å²) >= 11 is 0. The van der Waals surface area contributed by atoms with Gasteiger partial charge in [0.25, 0.3) is 5.91 Å². The SMILES string of the molecule is CN(Cc1ccc2c(c1)C(=O)N(C1CCC(=O)NC1=O)C2)CC1CNCCO1. The molecule has 4 rings (SSSR count). The van der Waals surface area contributed by atoms with Crippen molar-refractivity contribution < 1.29 is 19.1 Å². The maximum Gasteiger partial charge on any atom is 0.255 e. The summed E-state index contributed by atoms with van der Waals surface area (Å²) in [5.74, 6) is -0.778. The highest BCUT2D eigenvalue weighted by Gasteiger charge is 2.39. The highest BCUT2D eigenvalue weighted by Crippen LogP contribution is 2.28. The Balaban J connectivity index is 1.41. The molecule has 28 heavy (non-hydrogen) atoms. The summed E-state index contributed by atoms with van der Waals surface area (Å²) in [4.78, 5) is 40.2. The summed E-state index contributed by atoms with van der Waals surface area (Å²) in [6, 6.07) is 5.37. The van der Waals surface area contributed by atoms with E-state index in [1.807, 2.05) is 25.2 Å². The van der Waals surface area contributed by atoms with E-state index < -0.39 is 6.04 Å². The van der Waals surface area contributed by atoms with Crippen molar-refractivity contribution in [3.05, 3.63) is 34.9 Å². The predicted molar refractivity (Wildman–Crippen MR) is 101 cm³/mol. The van der Waals surface area contributed by atoms with Crippen molar-refractivity contribution in [2.45, 2.75) is 38.1 Å². The van der Waals surface area contributed by atoms with E-state index in [2.05, 4.69) is 15.5 Å². The van der Waals surface area contributed by atoms with E-state index in [1.165, 1.54) is 0 Å². The number of piperidine rings is 1. The van der Waals surface area contributed by atoms with E-state index in [1.54, 1.807) is 4.90 Å². The molecule has 2 saturated heterocycles. The number of fused-ring (bicyclic) bond motifs is 1. The number of ether oxygens (including phenoxy) is 1. The summed E-state index contributed by atoms with van der Waals surface area (Å²) in [5.41, 5.74) is 2.65. The summed E-state index contributed by atoms with van der Waals surface area (Å²) in [6.45, 7) is 4.45. The maximum atomic E-state index is 12.9. The Kier molecular flexibility index (Phi) is 5.43. The first-order valence-electron chi connectivity index (χ1n) is 9.78. The molecule has 3 aliphatic heterocycles. The van der Waals surface area contributed by atoms with Crippen LogP contribution in [0, 0.1) is 0 Å². The molecule has 150 valence electrons. The summed E-state index contributed by atoms with van der Waals surface area (Å²) in [6.07, 6.45) is 0.831. The first-order chi connectivity index (χ1) is 13.5. The van der Waals surface area contributed by atoms with E-state index in [4.69, 9.17) is 4.74 Å². The molecule has 3 heterocycles. The molecule has 3 aliphatic rings. The van der Waals surface area contributed by atoms with E-state index in [-0.39, 0.29) is 30.2 Å². The van der Waals surface area contributed by atoms with Crippen molar-refractivity contribution in [1.82, 2.24) is 20.4 Å². The van der Waals surface area contributed by atoms with Crippen molar-refractivity contribution in [1.29, 1.82) is 0 Å². The summed E-state index contributed by atoms with van der Waals surface area (Å²) in [7, 11) is 2.04. The number of hydrogen-bond acceptors (Lipinski definition) is 6. The number of likely N-dealkylation sites (N-methyl/N-ethyl adjacent to an activating group) is 1. The number of rotatable bonds is 5. The fourth-order valence-electron chi connectivity index (χ4n) is 4.16. The number of nitrogens with zero attached hydrogens (tertiary/aromatic N) is 2. The first kappa shape index (κ1) is 19.0. The Hall–Kier alpha value is -2.29. The van der Waals surface area contributed by atoms with Crippen LogP contribution in [0.3, 0.4) is 0 Å². The Bertz CT molecular complexity index is 790.